The van der Waals surface area contributed by atoms with E-state index < -0.39 is 43.4 Å². The van der Waals surface area contributed by atoms with E-state index in [9.17, 15) is 15.3 Å². The van der Waals surface area contributed by atoms with Crippen LogP contribution in [-0.2, 0) is 4.74 Å². The summed E-state index contributed by atoms with van der Waals surface area (Å²) in [6.07, 6.45) is -4.01. The summed E-state index contributed by atoms with van der Waals surface area (Å²) in [5.74, 6) is -2.13. The predicted octanol–water partition coefficient (Wildman–Crippen LogP) is -3.89. The molecule has 1 saturated heterocycles. The van der Waals surface area contributed by atoms with Crippen molar-refractivity contribution in [1.82, 2.24) is 0 Å². The van der Waals surface area contributed by atoms with E-state index in [1.54, 1.807) is 0 Å². The Kier molecular flexibility index (Phi) is 3.43. The fraction of sp³-hybridized carbons (Fsp3) is 1.00. The molecule has 1 rings (SSSR count). The molecule has 0 aromatic carbocycles. The summed E-state index contributed by atoms with van der Waals surface area (Å²) < 4.78 is 4.79. The quantitative estimate of drug-likeness (QED) is 0.273. The van der Waals surface area contributed by atoms with Crippen molar-refractivity contribution in [3.05, 3.63) is 0 Å². The van der Waals surface area contributed by atoms with E-state index in [0.717, 1.165) is 0 Å². The molecular formula is C7H15NO6. The summed E-state index contributed by atoms with van der Waals surface area (Å²) in [6, 6.07) is -1.33. The van der Waals surface area contributed by atoms with Crippen LogP contribution in [0.15, 0.2) is 0 Å². The van der Waals surface area contributed by atoms with Gasteiger partial charge in [0.2, 0.25) is 5.79 Å². The van der Waals surface area contributed by atoms with Gasteiger partial charge in [0.1, 0.15) is 18.3 Å². The van der Waals surface area contributed by atoms with Crippen LogP contribution in [0.25, 0.3) is 0 Å². The van der Waals surface area contributed by atoms with Gasteiger partial charge in [-0.3, -0.25) is 0 Å². The maximum atomic E-state index is 9.56. The number of hydrogen-bond acceptors (Lipinski definition) is 7. The maximum Gasteiger partial charge on any atom is 0.207 e. The van der Waals surface area contributed by atoms with E-state index in [-0.39, 0.29) is 0 Å². The average molecular weight is 209 g/mol. The van der Waals surface area contributed by atoms with Crippen LogP contribution >= 0.6 is 0 Å². The molecule has 1 fully saturated rings. The Hall–Kier alpha value is -0.280. The number of nitrogens with two attached hydrogens (primary N) is 1. The minimum absolute atomic E-state index is 0.590. The van der Waals surface area contributed by atoms with E-state index >= 15 is 0 Å². The van der Waals surface area contributed by atoms with Gasteiger partial charge in [-0.25, -0.2) is 0 Å². The standard InChI is InChI=1S/C7H15NO6/c8-6-5(12)4(11)3(1-9)14-7(6,13)2-10/h3-6,9-13H,1-2,8H2/t3-,4-,5+,6-,7+/m1/s1. The average Bonchev–Trinajstić information content (AvgIpc) is 2.20. The van der Waals surface area contributed by atoms with E-state index in [1.807, 2.05) is 0 Å². The summed E-state index contributed by atoms with van der Waals surface area (Å²) in [5.41, 5.74) is 5.35. The number of rotatable bonds is 2. The molecule has 7 nitrogen and oxygen atoms in total. The lowest BCUT2D eigenvalue weighted by Gasteiger charge is -2.45. The third-order valence-electron chi connectivity index (χ3n) is 2.38. The van der Waals surface area contributed by atoms with E-state index in [0.29, 0.717) is 0 Å². The summed E-state index contributed by atoms with van der Waals surface area (Å²) in [6.45, 7) is -1.41. The summed E-state index contributed by atoms with van der Waals surface area (Å²) >= 11 is 0. The molecule has 0 aliphatic carbocycles. The minimum atomic E-state index is -2.13. The van der Waals surface area contributed by atoms with Gasteiger partial charge in [-0.2, -0.15) is 0 Å². The zero-order valence-corrected chi connectivity index (χ0v) is 7.45. The SMILES string of the molecule is N[C@@H]1[C@@H](O)[C@H](O)[C@@H](CO)O[C@@]1(O)CO. The molecule has 7 N–H and O–H groups in total. The van der Waals surface area contributed by atoms with Crippen LogP contribution in [0.4, 0.5) is 0 Å². The molecule has 0 saturated carbocycles. The van der Waals surface area contributed by atoms with Crippen LogP contribution in [0.3, 0.4) is 0 Å². The van der Waals surface area contributed by atoms with Crippen LogP contribution < -0.4 is 5.73 Å². The van der Waals surface area contributed by atoms with Crippen molar-refractivity contribution in [2.75, 3.05) is 13.2 Å². The molecule has 0 bridgehead atoms. The largest absolute Gasteiger partial charge is 0.394 e. The van der Waals surface area contributed by atoms with Crippen LogP contribution in [0.2, 0.25) is 0 Å². The van der Waals surface area contributed by atoms with Crippen molar-refractivity contribution >= 4 is 0 Å². The predicted molar refractivity (Wildman–Crippen MR) is 44.0 cm³/mol. The normalized spacial score (nSPS) is 49.3. The molecule has 0 aromatic rings. The van der Waals surface area contributed by atoms with E-state index in [2.05, 4.69) is 0 Å². The highest BCUT2D eigenvalue weighted by Gasteiger charge is 2.51. The van der Waals surface area contributed by atoms with Gasteiger partial charge in [0, 0.05) is 0 Å². The number of aliphatic hydroxyl groups excluding tert-OH is 4. The highest BCUT2D eigenvalue weighted by Crippen LogP contribution is 2.26. The lowest BCUT2D eigenvalue weighted by atomic mass is 9.91. The van der Waals surface area contributed by atoms with Gasteiger partial charge in [0.25, 0.3) is 0 Å². The van der Waals surface area contributed by atoms with Gasteiger partial charge in [-0.1, -0.05) is 0 Å². The van der Waals surface area contributed by atoms with Crippen molar-refractivity contribution in [2.24, 2.45) is 5.73 Å². The Labute approximate surface area is 80.3 Å². The smallest absolute Gasteiger partial charge is 0.207 e. The van der Waals surface area contributed by atoms with E-state index in [4.69, 9.17) is 20.7 Å². The third kappa shape index (κ3) is 1.75. The van der Waals surface area contributed by atoms with Crippen molar-refractivity contribution in [3.63, 3.8) is 0 Å². The van der Waals surface area contributed by atoms with Crippen LogP contribution in [0.5, 0.6) is 0 Å². The second-order valence-electron chi connectivity index (χ2n) is 3.35. The third-order valence-corrected chi connectivity index (χ3v) is 2.38. The number of ether oxygens (including phenoxy) is 1. The summed E-state index contributed by atoms with van der Waals surface area (Å²) in [7, 11) is 0. The van der Waals surface area contributed by atoms with Crippen LogP contribution in [-0.4, -0.2) is 68.9 Å². The van der Waals surface area contributed by atoms with Crippen molar-refractivity contribution in [3.8, 4) is 0 Å². The van der Waals surface area contributed by atoms with Crippen molar-refractivity contribution in [2.45, 2.75) is 30.1 Å². The molecule has 14 heavy (non-hydrogen) atoms. The van der Waals surface area contributed by atoms with Gasteiger partial charge >= 0.3 is 0 Å². The molecule has 1 aliphatic rings. The second kappa shape index (κ2) is 4.07. The molecular weight excluding hydrogens is 194 g/mol. The van der Waals surface area contributed by atoms with Gasteiger partial charge in [-0.05, 0) is 0 Å². The molecule has 0 amide bonds. The molecule has 0 aromatic heterocycles. The van der Waals surface area contributed by atoms with E-state index in [1.165, 1.54) is 0 Å². The Morgan fingerprint density at radius 3 is 2.21 bits per heavy atom. The first-order valence-corrected chi connectivity index (χ1v) is 4.20. The fourth-order valence-electron chi connectivity index (χ4n) is 1.40. The second-order valence-corrected chi connectivity index (χ2v) is 3.35. The molecule has 0 radical (unpaired) electrons. The first kappa shape index (κ1) is 11.8. The summed E-state index contributed by atoms with van der Waals surface area (Å²) in [4.78, 5) is 0. The molecule has 84 valence electrons. The van der Waals surface area contributed by atoms with Gasteiger partial charge in [0.15, 0.2) is 0 Å². The molecule has 0 unspecified atom stereocenters. The fourth-order valence-corrected chi connectivity index (χ4v) is 1.40. The first-order chi connectivity index (χ1) is 6.46. The monoisotopic (exact) mass is 209 g/mol. The highest BCUT2D eigenvalue weighted by atomic mass is 16.7. The Morgan fingerprint density at radius 1 is 1.21 bits per heavy atom. The zero-order chi connectivity index (χ0) is 10.9. The topological polar surface area (TPSA) is 136 Å². The molecule has 0 spiro atoms. The van der Waals surface area contributed by atoms with Crippen LogP contribution in [0.1, 0.15) is 0 Å². The molecule has 1 heterocycles. The molecule has 1 aliphatic heterocycles. The Bertz CT molecular complexity index is 201. The first-order valence-electron chi connectivity index (χ1n) is 4.20. The maximum absolute atomic E-state index is 9.56. The lowest BCUT2D eigenvalue weighted by Crippen LogP contribution is -2.69. The highest BCUT2D eigenvalue weighted by molar-refractivity contribution is 4.98. The van der Waals surface area contributed by atoms with Crippen LogP contribution in [0, 0.1) is 0 Å². The number of aliphatic hydroxyl groups is 5. The van der Waals surface area contributed by atoms with Crippen molar-refractivity contribution in [1.29, 1.82) is 0 Å². The number of hydrogen-bond donors (Lipinski definition) is 6. The Balaban J connectivity index is 2.84. The lowest BCUT2D eigenvalue weighted by molar-refractivity contribution is -0.324. The minimum Gasteiger partial charge on any atom is -0.394 e. The van der Waals surface area contributed by atoms with Gasteiger partial charge in [-0.15, -0.1) is 0 Å². The zero-order valence-electron chi connectivity index (χ0n) is 7.45. The van der Waals surface area contributed by atoms with Crippen molar-refractivity contribution < 1.29 is 30.3 Å². The summed E-state index contributed by atoms with van der Waals surface area (Å²) in [5, 5.41) is 45.8. The Morgan fingerprint density at radius 2 is 1.79 bits per heavy atom. The van der Waals surface area contributed by atoms with Gasteiger partial charge in [0.05, 0.1) is 19.3 Å². The molecule has 5 atom stereocenters. The molecule has 7 heteroatoms. The van der Waals surface area contributed by atoms with Gasteiger partial charge < -0.3 is 36.0 Å².